The number of carbonyl (C=O) groups excluding carboxylic acids is 1. The van der Waals surface area contributed by atoms with Gasteiger partial charge in [0.2, 0.25) is 0 Å². The van der Waals surface area contributed by atoms with E-state index in [1.54, 1.807) is 6.07 Å². The summed E-state index contributed by atoms with van der Waals surface area (Å²) in [5.41, 5.74) is 4.45. The van der Waals surface area contributed by atoms with Gasteiger partial charge in [-0.25, -0.2) is 4.68 Å². The summed E-state index contributed by atoms with van der Waals surface area (Å²) in [5, 5.41) is 8.64. The molecule has 0 fully saturated rings. The number of halogens is 2. The first-order chi connectivity index (χ1) is 13.3. The number of carbonyl (C=O) groups is 1. The van der Waals surface area contributed by atoms with Gasteiger partial charge in [-0.3, -0.25) is 4.79 Å². The first kappa shape index (κ1) is 20.4. The number of hydrogen-bond donors (Lipinski definition) is 2. The van der Waals surface area contributed by atoms with Crippen molar-refractivity contribution in [2.24, 2.45) is 0 Å². The number of rotatable bonds is 6. The molecule has 1 unspecified atom stereocenters. The fourth-order valence-corrected chi connectivity index (χ4v) is 3.48. The third-order valence-corrected chi connectivity index (χ3v) is 5.25. The number of nitrogens with one attached hydrogen (secondary N) is 2. The molecule has 0 radical (unpaired) electrons. The summed E-state index contributed by atoms with van der Waals surface area (Å²) in [6, 6.07) is 15.4. The van der Waals surface area contributed by atoms with Gasteiger partial charge in [-0.15, -0.1) is 0 Å². The summed E-state index contributed by atoms with van der Waals surface area (Å²) in [6.07, 6.45) is 0. The Morgan fingerprint density at radius 1 is 1.11 bits per heavy atom. The SMILES string of the molecule is Cc1nn(-c2ccccc2)c(C)c1NC(=O)C[NH+](C)Cc1ccc(Cl)c(Cl)c1. The van der Waals surface area contributed by atoms with Crippen LogP contribution >= 0.6 is 23.2 Å². The van der Waals surface area contributed by atoms with Gasteiger partial charge in [0.05, 0.1) is 39.9 Å². The number of nitrogens with zero attached hydrogens (tertiary/aromatic N) is 2. The number of anilines is 1. The molecule has 0 saturated carbocycles. The van der Waals surface area contributed by atoms with E-state index in [4.69, 9.17) is 23.2 Å². The Morgan fingerprint density at radius 3 is 2.50 bits per heavy atom. The lowest BCUT2D eigenvalue weighted by molar-refractivity contribution is -0.885. The predicted molar refractivity (Wildman–Crippen MR) is 114 cm³/mol. The van der Waals surface area contributed by atoms with E-state index in [-0.39, 0.29) is 5.91 Å². The van der Waals surface area contributed by atoms with E-state index in [0.29, 0.717) is 23.1 Å². The second kappa shape index (κ2) is 8.78. The van der Waals surface area contributed by atoms with E-state index in [9.17, 15) is 4.79 Å². The standard InChI is InChI=1S/C21H22Cl2N4O/c1-14-21(15(2)27(25-14)17-7-5-4-6-8-17)24-20(28)13-26(3)12-16-9-10-18(22)19(23)11-16/h4-11H,12-13H2,1-3H3,(H,24,28)/p+1. The number of para-hydroxylation sites is 1. The molecule has 3 rings (SSSR count). The van der Waals surface area contributed by atoms with Crippen LogP contribution in [0.5, 0.6) is 0 Å². The number of benzene rings is 2. The van der Waals surface area contributed by atoms with Gasteiger partial charge >= 0.3 is 0 Å². The van der Waals surface area contributed by atoms with Crippen molar-refractivity contribution >= 4 is 34.8 Å². The molecule has 3 aromatic rings. The van der Waals surface area contributed by atoms with Crippen LogP contribution in [0.1, 0.15) is 17.0 Å². The molecule has 0 bridgehead atoms. The van der Waals surface area contributed by atoms with Crippen molar-refractivity contribution in [3.63, 3.8) is 0 Å². The molecule has 1 aromatic heterocycles. The number of amides is 1. The molecule has 1 heterocycles. The summed E-state index contributed by atoms with van der Waals surface area (Å²) in [4.78, 5) is 13.6. The zero-order valence-electron chi connectivity index (χ0n) is 16.1. The molecular weight excluding hydrogens is 395 g/mol. The van der Waals surface area contributed by atoms with Crippen LogP contribution < -0.4 is 10.2 Å². The summed E-state index contributed by atoms with van der Waals surface area (Å²) < 4.78 is 1.84. The highest BCUT2D eigenvalue weighted by Crippen LogP contribution is 2.23. The summed E-state index contributed by atoms with van der Waals surface area (Å²) >= 11 is 12.0. The molecule has 28 heavy (non-hydrogen) atoms. The Kier molecular flexibility index (Phi) is 6.39. The Bertz CT molecular complexity index is 986. The van der Waals surface area contributed by atoms with Crippen LogP contribution in [0.4, 0.5) is 5.69 Å². The quantitative estimate of drug-likeness (QED) is 0.645. The van der Waals surface area contributed by atoms with Gasteiger partial charge in [0.25, 0.3) is 5.91 Å². The Hall–Kier alpha value is -2.34. The molecule has 1 amide bonds. The van der Waals surface area contributed by atoms with Crippen LogP contribution in [0.15, 0.2) is 48.5 Å². The van der Waals surface area contributed by atoms with Crippen LogP contribution in [0, 0.1) is 13.8 Å². The highest BCUT2D eigenvalue weighted by atomic mass is 35.5. The third-order valence-electron chi connectivity index (χ3n) is 4.51. The second-order valence-corrected chi connectivity index (χ2v) is 7.71. The number of hydrogen-bond acceptors (Lipinski definition) is 2. The average Bonchev–Trinajstić information content (AvgIpc) is 2.93. The van der Waals surface area contributed by atoms with Crippen LogP contribution in [0.2, 0.25) is 10.0 Å². The van der Waals surface area contributed by atoms with Crippen LogP contribution in [0.25, 0.3) is 5.69 Å². The van der Waals surface area contributed by atoms with Crippen molar-refractivity contribution in [1.29, 1.82) is 0 Å². The molecule has 0 aliphatic carbocycles. The molecule has 5 nitrogen and oxygen atoms in total. The number of aromatic nitrogens is 2. The van der Waals surface area contributed by atoms with E-state index in [2.05, 4.69) is 10.4 Å². The first-order valence-electron chi connectivity index (χ1n) is 9.02. The molecular formula is C21H23Cl2N4O+. The van der Waals surface area contributed by atoms with Gasteiger partial charge in [-0.2, -0.15) is 5.10 Å². The van der Waals surface area contributed by atoms with Gasteiger partial charge in [0.15, 0.2) is 6.54 Å². The highest BCUT2D eigenvalue weighted by Gasteiger charge is 2.17. The maximum absolute atomic E-state index is 12.6. The van der Waals surface area contributed by atoms with E-state index < -0.39 is 0 Å². The minimum Gasteiger partial charge on any atom is -0.326 e. The van der Waals surface area contributed by atoms with Crippen molar-refractivity contribution in [2.45, 2.75) is 20.4 Å². The smallest absolute Gasteiger partial charge is 0.279 e. The molecule has 0 aliphatic heterocycles. The van der Waals surface area contributed by atoms with Crippen LogP contribution in [0.3, 0.4) is 0 Å². The zero-order valence-corrected chi connectivity index (χ0v) is 17.6. The van der Waals surface area contributed by atoms with Crippen molar-refractivity contribution < 1.29 is 9.69 Å². The predicted octanol–water partition coefficient (Wildman–Crippen LogP) is 3.45. The first-order valence-corrected chi connectivity index (χ1v) is 9.77. The van der Waals surface area contributed by atoms with E-state index in [0.717, 1.165) is 33.2 Å². The van der Waals surface area contributed by atoms with Crippen LogP contribution in [-0.4, -0.2) is 29.3 Å². The monoisotopic (exact) mass is 417 g/mol. The molecule has 0 saturated heterocycles. The van der Waals surface area contributed by atoms with Crippen molar-refractivity contribution in [1.82, 2.24) is 9.78 Å². The Labute approximate surface area is 174 Å². The number of quaternary nitrogens is 1. The minimum absolute atomic E-state index is 0.0589. The van der Waals surface area contributed by atoms with Crippen molar-refractivity contribution in [3.05, 3.63) is 75.5 Å². The number of aryl methyl sites for hydroxylation is 1. The van der Waals surface area contributed by atoms with Crippen molar-refractivity contribution in [2.75, 3.05) is 18.9 Å². The Morgan fingerprint density at radius 2 is 1.82 bits per heavy atom. The van der Waals surface area contributed by atoms with E-state index in [1.807, 2.05) is 68.0 Å². The lowest BCUT2D eigenvalue weighted by Crippen LogP contribution is -3.08. The molecule has 1 atom stereocenters. The molecule has 0 aliphatic rings. The third kappa shape index (κ3) is 4.73. The fraction of sp³-hybridized carbons (Fsp3) is 0.238. The molecule has 146 valence electrons. The van der Waals surface area contributed by atoms with Crippen molar-refractivity contribution in [3.8, 4) is 5.69 Å². The molecule has 2 aromatic carbocycles. The molecule has 0 spiro atoms. The lowest BCUT2D eigenvalue weighted by atomic mass is 10.2. The maximum Gasteiger partial charge on any atom is 0.279 e. The van der Waals surface area contributed by atoms with Gasteiger partial charge < -0.3 is 10.2 Å². The van der Waals surface area contributed by atoms with E-state index in [1.165, 1.54) is 0 Å². The second-order valence-electron chi connectivity index (χ2n) is 6.90. The average molecular weight is 418 g/mol. The maximum atomic E-state index is 12.6. The summed E-state index contributed by atoms with van der Waals surface area (Å²) in [7, 11) is 1.97. The summed E-state index contributed by atoms with van der Waals surface area (Å²) in [6.45, 7) is 4.85. The van der Waals surface area contributed by atoms with Gasteiger partial charge in [0.1, 0.15) is 6.54 Å². The van der Waals surface area contributed by atoms with Gasteiger partial charge in [0, 0.05) is 5.56 Å². The largest absolute Gasteiger partial charge is 0.326 e. The number of likely N-dealkylation sites (N-methyl/N-ethyl adjacent to an activating group) is 1. The zero-order chi connectivity index (χ0) is 20.3. The topological polar surface area (TPSA) is 51.4 Å². The van der Waals surface area contributed by atoms with Gasteiger partial charge in [-0.1, -0.05) is 47.5 Å². The minimum atomic E-state index is -0.0589. The fourth-order valence-electron chi connectivity index (χ4n) is 3.16. The summed E-state index contributed by atoms with van der Waals surface area (Å²) in [5.74, 6) is -0.0589. The normalized spacial score (nSPS) is 12.0. The van der Waals surface area contributed by atoms with E-state index >= 15 is 0 Å². The highest BCUT2D eigenvalue weighted by molar-refractivity contribution is 6.42. The van der Waals surface area contributed by atoms with Crippen LogP contribution in [-0.2, 0) is 11.3 Å². The Balaban J connectivity index is 1.66. The van der Waals surface area contributed by atoms with Gasteiger partial charge in [-0.05, 0) is 38.1 Å². The molecule has 7 heteroatoms. The molecule has 2 N–H and O–H groups in total. The lowest BCUT2D eigenvalue weighted by Gasteiger charge is -2.14.